The van der Waals surface area contributed by atoms with Gasteiger partial charge in [0.1, 0.15) is 11.6 Å². The Morgan fingerprint density at radius 1 is 1.37 bits per heavy atom. The van der Waals surface area contributed by atoms with Crippen LogP contribution in [0.25, 0.3) is 0 Å². The van der Waals surface area contributed by atoms with Crippen LogP contribution in [0.1, 0.15) is 18.5 Å². The van der Waals surface area contributed by atoms with Crippen molar-refractivity contribution in [2.24, 2.45) is 0 Å². The lowest BCUT2D eigenvalue weighted by Gasteiger charge is -2.15. The van der Waals surface area contributed by atoms with Gasteiger partial charge in [0.15, 0.2) is 0 Å². The van der Waals surface area contributed by atoms with Crippen molar-refractivity contribution >= 4 is 11.6 Å². The number of aromatic nitrogens is 1. The fourth-order valence-corrected chi connectivity index (χ4v) is 1.80. The van der Waals surface area contributed by atoms with Crippen LogP contribution in [0.2, 0.25) is 5.02 Å². The zero-order valence-electron chi connectivity index (χ0n) is 10.7. The zero-order valence-corrected chi connectivity index (χ0v) is 11.4. The fourth-order valence-electron chi connectivity index (χ4n) is 1.63. The second-order valence-electron chi connectivity index (χ2n) is 4.09. The van der Waals surface area contributed by atoms with Crippen LogP contribution in [-0.2, 0) is 0 Å². The first-order valence-corrected chi connectivity index (χ1v) is 6.24. The van der Waals surface area contributed by atoms with Crippen LogP contribution < -0.4 is 10.1 Å². The summed E-state index contributed by atoms with van der Waals surface area (Å²) in [5.74, 6) is 0.459. The second-order valence-corrected chi connectivity index (χ2v) is 4.49. The Labute approximate surface area is 116 Å². The van der Waals surface area contributed by atoms with Gasteiger partial charge in [0.25, 0.3) is 0 Å². The molecule has 0 saturated heterocycles. The minimum atomic E-state index is -0.473. The van der Waals surface area contributed by atoms with Crippen molar-refractivity contribution in [2.75, 3.05) is 7.05 Å². The molecule has 1 aromatic carbocycles. The zero-order chi connectivity index (χ0) is 13.8. The molecule has 1 atom stereocenters. The van der Waals surface area contributed by atoms with Gasteiger partial charge in [-0.05, 0) is 32.2 Å². The lowest BCUT2D eigenvalue weighted by Crippen LogP contribution is -2.13. The molecule has 0 saturated carbocycles. The largest absolute Gasteiger partial charge is 0.439 e. The Morgan fingerprint density at radius 2 is 2.16 bits per heavy atom. The molecule has 0 amide bonds. The van der Waals surface area contributed by atoms with E-state index in [0.717, 1.165) is 5.56 Å². The van der Waals surface area contributed by atoms with Crippen molar-refractivity contribution in [3.05, 3.63) is 52.9 Å². The molecule has 0 aliphatic rings. The molecule has 1 heterocycles. The Balaban J connectivity index is 2.30. The van der Waals surface area contributed by atoms with E-state index >= 15 is 0 Å². The predicted octanol–water partition coefficient (Wildman–Crippen LogP) is 3.95. The van der Waals surface area contributed by atoms with E-state index in [0.29, 0.717) is 11.6 Å². The molecule has 5 heteroatoms. The van der Waals surface area contributed by atoms with Crippen LogP contribution in [0.15, 0.2) is 36.5 Å². The first-order valence-electron chi connectivity index (χ1n) is 5.87. The maximum atomic E-state index is 13.1. The minimum absolute atomic E-state index is 0.0247. The fraction of sp³-hybridized carbons (Fsp3) is 0.214. The summed E-state index contributed by atoms with van der Waals surface area (Å²) in [6.45, 7) is 2.00. The van der Waals surface area contributed by atoms with E-state index < -0.39 is 5.82 Å². The van der Waals surface area contributed by atoms with E-state index in [1.807, 2.05) is 26.1 Å². The van der Waals surface area contributed by atoms with Crippen LogP contribution in [0.4, 0.5) is 4.39 Å². The summed E-state index contributed by atoms with van der Waals surface area (Å²) in [5, 5.41) is 3.15. The van der Waals surface area contributed by atoms with Crippen LogP contribution in [0.5, 0.6) is 11.6 Å². The maximum absolute atomic E-state index is 13.1. The quantitative estimate of drug-likeness (QED) is 0.921. The summed E-state index contributed by atoms with van der Waals surface area (Å²) < 4.78 is 18.8. The molecular weight excluding hydrogens is 267 g/mol. The molecule has 2 rings (SSSR count). The van der Waals surface area contributed by atoms with E-state index in [2.05, 4.69) is 10.3 Å². The summed E-state index contributed by atoms with van der Waals surface area (Å²) in [5.41, 5.74) is 0.922. The minimum Gasteiger partial charge on any atom is -0.439 e. The topological polar surface area (TPSA) is 34.2 Å². The van der Waals surface area contributed by atoms with Gasteiger partial charge in [0, 0.05) is 23.9 Å². The lowest BCUT2D eigenvalue weighted by molar-refractivity contribution is 0.445. The summed E-state index contributed by atoms with van der Waals surface area (Å²) >= 11 is 5.72. The second kappa shape index (κ2) is 5.99. The Hall–Kier alpha value is -1.65. The Kier molecular flexibility index (Phi) is 4.35. The van der Waals surface area contributed by atoms with Crippen molar-refractivity contribution in [1.82, 2.24) is 10.3 Å². The first kappa shape index (κ1) is 13.8. The molecule has 0 fully saturated rings. The van der Waals surface area contributed by atoms with Gasteiger partial charge >= 0.3 is 0 Å². The Morgan fingerprint density at radius 3 is 2.84 bits per heavy atom. The number of nitrogens with zero attached hydrogens (tertiary/aromatic N) is 1. The average molecular weight is 281 g/mol. The predicted molar refractivity (Wildman–Crippen MR) is 73.2 cm³/mol. The molecule has 1 aromatic heterocycles. The van der Waals surface area contributed by atoms with Crippen LogP contribution in [-0.4, -0.2) is 12.0 Å². The SMILES string of the molecule is CNC(C)c1cccnc1Oc1ccc(F)c(Cl)c1. The molecule has 2 aromatic rings. The van der Waals surface area contributed by atoms with Gasteiger partial charge < -0.3 is 10.1 Å². The average Bonchev–Trinajstić information content (AvgIpc) is 2.43. The van der Waals surface area contributed by atoms with Gasteiger partial charge in [0.05, 0.1) is 5.02 Å². The van der Waals surface area contributed by atoms with E-state index in [1.165, 1.54) is 18.2 Å². The highest BCUT2D eigenvalue weighted by Gasteiger charge is 2.12. The number of hydrogen-bond acceptors (Lipinski definition) is 3. The monoisotopic (exact) mass is 280 g/mol. The van der Waals surface area contributed by atoms with Crippen molar-refractivity contribution in [3.63, 3.8) is 0 Å². The number of hydrogen-bond donors (Lipinski definition) is 1. The maximum Gasteiger partial charge on any atom is 0.223 e. The van der Waals surface area contributed by atoms with Crippen LogP contribution in [0.3, 0.4) is 0 Å². The number of pyridine rings is 1. The van der Waals surface area contributed by atoms with Crippen molar-refractivity contribution in [1.29, 1.82) is 0 Å². The van der Waals surface area contributed by atoms with Crippen LogP contribution >= 0.6 is 11.6 Å². The number of halogens is 2. The van der Waals surface area contributed by atoms with Crippen LogP contribution in [0, 0.1) is 5.82 Å². The van der Waals surface area contributed by atoms with Gasteiger partial charge in [-0.25, -0.2) is 9.37 Å². The molecule has 0 aliphatic heterocycles. The number of nitrogens with one attached hydrogen (secondary N) is 1. The molecule has 0 spiro atoms. The normalized spacial score (nSPS) is 12.2. The molecule has 1 unspecified atom stereocenters. The Bertz CT molecular complexity index is 577. The van der Waals surface area contributed by atoms with Crippen molar-refractivity contribution in [3.8, 4) is 11.6 Å². The van der Waals surface area contributed by atoms with E-state index in [-0.39, 0.29) is 11.1 Å². The standard InChI is InChI=1S/C14H14ClFN2O/c1-9(17-2)11-4-3-7-18-14(11)19-10-5-6-13(16)12(15)8-10/h3-9,17H,1-2H3. The summed E-state index contributed by atoms with van der Waals surface area (Å²) in [6, 6.07) is 8.08. The van der Waals surface area contributed by atoms with Crippen molar-refractivity contribution in [2.45, 2.75) is 13.0 Å². The third kappa shape index (κ3) is 3.22. The smallest absolute Gasteiger partial charge is 0.223 e. The first-order chi connectivity index (χ1) is 9.11. The van der Waals surface area contributed by atoms with Gasteiger partial charge in [-0.1, -0.05) is 17.7 Å². The summed E-state index contributed by atoms with van der Waals surface area (Å²) in [7, 11) is 1.86. The van der Waals surface area contributed by atoms with Crippen molar-refractivity contribution < 1.29 is 9.13 Å². The van der Waals surface area contributed by atoms with Gasteiger partial charge in [-0.3, -0.25) is 0 Å². The van der Waals surface area contributed by atoms with Gasteiger partial charge in [0.2, 0.25) is 5.88 Å². The summed E-state index contributed by atoms with van der Waals surface area (Å²) in [4.78, 5) is 4.20. The molecule has 100 valence electrons. The van der Waals surface area contributed by atoms with E-state index in [9.17, 15) is 4.39 Å². The highest BCUT2D eigenvalue weighted by molar-refractivity contribution is 6.30. The number of rotatable bonds is 4. The number of ether oxygens (including phenoxy) is 1. The molecule has 1 N–H and O–H groups in total. The molecular formula is C14H14ClFN2O. The lowest BCUT2D eigenvalue weighted by atomic mass is 10.1. The molecule has 19 heavy (non-hydrogen) atoms. The summed E-state index contributed by atoms with van der Waals surface area (Å²) in [6.07, 6.45) is 1.65. The van der Waals surface area contributed by atoms with E-state index in [1.54, 1.807) is 6.20 Å². The van der Waals surface area contributed by atoms with Gasteiger partial charge in [-0.15, -0.1) is 0 Å². The van der Waals surface area contributed by atoms with E-state index in [4.69, 9.17) is 16.3 Å². The molecule has 3 nitrogen and oxygen atoms in total. The molecule has 0 aliphatic carbocycles. The third-order valence-corrected chi connectivity index (χ3v) is 3.10. The highest BCUT2D eigenvalue weighted by atomic mass is 35.5. The molecule has 0 bridgehead atoms. The number of benzene rings is 1. The highest BCUT2D eigenvalue weighted by Crippen LogP contribution is 2.29. The third-order valence-electron chi connectivity index (χ3n) is 2.81. The molecule has 0 radical (unpaired) electrons. The van der Waals surface area contributed by atoms with Gasteiger partial charge in [-0.2, -0.15) is 0 Å².